The van der Waals surface area contributed by atoms with Gasteiger partial charge >= 0.3 is 12.4 Å². The van der Waals surface area contributed by atoms with E-state index >= 15 is 0 Å². The second-order valence-electron chi connectivity index (χ2n) is 11.0. The lowest BCUT2D eigenvalue weighted by atomic mass is 10.00. The maximum atomic E-state index is 12.8. The van der Waals surface area contributed by atoms with Gasteiger partial charge in [0.05, 0.1) is 17.1 Å². The number of ether oxygens (including phenoxy) is 1. The number of aryl methyl sites for hydroxylation is 2. The van der Waals surface area contributed by atoms with Crippen molar-refractivity contribution in [2.24, 2.45) is 10.9 Å². The highest BCUT2D eigenvalue weighted by molar-refractivity contribution is 8.15. The van der Waals surface area contributed by atoms with Gasteiger partial charge in [-0.2, -0.15) is 4.99 Å². The first-order valence-electron chi connectivity index (χ1n) is 14.8. The number of rotatable bonds is 10. The van der Waals surface area contributed by atoms with E-state index in [2.05, 4.69) is 32.1 Å². The maximum Gasteiger partial charge on any atom is 0.573 e. The Morgan fingerprint density at radius 2 is 1.85 bits per heavy atom. The number of carbonyl (C=O) groups is 2. The van der Waals surface area contributed by atoms with Gasteiger partial charge in [-0.25, -0.2) is 14.5 Å². The van der Waals surface area contributed by atoms with Gasteiger partial charge in [-0.1, -0.05) is 68.4 Å². The molecule has 1 aliphatic rings. The summed E-state index contributed by atoms with van der Waals surface area (Å²) in [5.74, 6) is 0.405. The molecule has 1 N–H and O–H groups in total. The molecule has 0 aliphatic carbocycles. The van der Waals surface area contributed by atoms with Crippen LogP contribution in [-0.2, 0) is 17.6 Å². The zero-order valence-corrected chi connectivity index (χ0v) is 26.4. The van der Waals surface area contributed by atoms with Crippen molar-refractivity contribution >= 4 is 34.6 Å². The summed E-state index contributed by atoms with van der Waals surface area (Å²) in [7, 11) is 0. The molecule has 1 aliphatic heterocycles. The number of alkyl halides is 3. The van der Waals surface area contributed by atoms with Gasteiger partial charge in [0, 0.05) is 12.1 Å². The Morgan fingerprint density at radius 3 is 2.54 bits per heavy atom. The molecule has 1 saturated heterocycles. The second kappa shape index (κ2) is 14.2. The van der Waals surface area contributed by atoms with Gasteiger partial charge in [-0.05, 0) is 72.7 Å². The van der Waals surface area contributed by atoms with Gasteiger partial charge in [0.2, 0.25) is 5.91 Å². The Bertz CT molecular complexity index is 1720. The smallest absolute Gasteiger partial charge is 0.406 e. The van der Waals surface area contributed by atoms with Crippen molar-refractivity contribution in [3.8, 4) is 22.8 Å². The van der Waals surface area contributed by atoms with E-state index in [1.807, 2.05) is 56.3 Å². The molecule has 46 heavy (non-hydrogen) atoms. The van der Waals surface area contributed by atoms with Crippen molar-refractivity contribution < 1.29 is 27.5 Å². The molecule has 4 aromatic rings. The highest BCUT2D eigenvalue weighted by Gasteiger charge is 2.32. The van der Waals surface area contributed by atoms with Crippen molar-refractivity contribution in [1.29, 1.82) is 0 Å². The lowest BCUT2D eigenvalue weighted by molar-refractivity contribution is -0.274. The molecule has 13 heteroatoms. The van der Waals surface area contributed by atoms with Crippen LogP contribution in [0.3, 0.4) is 0 Å². The fourth-order valence-corrected chi connectivity index (χ4v) is 5.88. The van der Waals surface area contributed by atoms with Crippen molar-refractivity contribution in [3.63, 3.8) is 0 Å². The molecule has 0 bridgehead atoms. The predicted molar refractivity (Wildman–Crippen MR) is 172 cm³/mol. The van der Waals surface area contributed by atoms with Gasteiger partial charge in [-0.15, -0.1) is 18.3 Å². The van der Waals surface area contributed by atoms with E-state index in [9.17, 15) is 22.8 Å². The lowest BCUT2D eigenvalue weighted by Crippen LogP contribution is -2.33. The van der Waals surface area contributed by atoms with E-state index in [4.69, 9.17) is 0 Å². The Hall–Kier alpha value is -4.65. The maximum absolute atomic E-state index is 12.8. The second-order valence-corrected chi connectivity index (χ2v) is 12.0. The van der Waals surface area contributed by atoms with Crippen LogP contribution in [0.15, 0.2) is 78.0 Å². The molecule has 1 fully saturated rings. The number of halogens is 3. The standard InChI is InChI=1S/C33H33F3N6O3S/c1-4-5-24-9-6-21(2)17-28(24)42-29(43)19-46-32(42)39-31(44)37-18-22(3)16-23-7-10-25(11-8-23)30-38-20-41(40-30)26-12-14-27(15-13-26)45-33(34,35)36/h6-15,17,20,22H,4-5,16,18-19H2,1-3H3,(H,37,44)/b39-32-. The zero-order chi connectivity index (χ0) is 32.8. The Labute approximate surface area is 268 Å². The van der Waals surface area contributed by atoms with Gasteiger partial charge in [0.15, 0.2) is 11.0 Å². The molecular formula is C33H33F3N6O3S. The molecule has 1 aromatic heterocycles. The summed E-state index contributed by atoms with van der Waals surface area (Å²) in [6, 6.07) is 18.6. The molecule has 3 amide bonds. The zero-order valence-electron chi connectivity index (χ0n) is 25.5. The van der Waals surface area contributed by atoms with Crippen LogP contribution < -0.4 is 15.0 Å². The van der Waals surface area contributed by atoms with Crippen LogP contribution in [0.25, 0.3) is 17.1 Å². The van der Waals surface area contributed by atoms with E-state index in [0.29, 0.717) is 29.6 Å². The molecule has 3 aromatic carbocycles. The summed E-state index contributed by atoms with van der Waals surface area (Å²) in [4.78, 5) is 35.7. The summed E-state index contributed by atoms with van der Waals surface area (Å²) < 4.78 is 42.6. The largest absolute Gasteiger partial charge is 0.573 e. The van der Waals surface area contributed by atoms with E-state index in [0.717, 1.165) is 40.8 Å². The number of nitrogens with zero attached hydrogens (tertiary/aromatic N) is 5. The third-order valence-corrected chi connectivity index (χ3v) is 8.11. The molecule has 1 atom stereocenters. The first kappa shape index (κ1) is 32.7. The van der Waals surface area contributed by atoms with Crippen LogP contribution in [0.4, 0.5) is 23.7 Å². The van der Waals surface area contributed by atoms with Crippen molar-refractivity contribution in [2.45, 2.75) is 46.4 Å². The monoisotopic (exact) mass is 650 g/mol. The van der Waals surface area contributed by atoms with Crippen molar-refractivity contribution in [3.05, 3.63) is 89.7 Å². The first-order valence-corrected chi connectivity index (χ1v) is 15.8. The highest BCUT2D eigenvalue weighted by Crippen LogP contribution is 2.31. The molecule has 0 spiro atoms. The fraction of sp³-hybridized carbons (Fsp3) is 0.303. The molecular weight excluding hydrogens is 617 g/mol. The predicted octanol–water partition coefficient (Wildman–Crippen LogP) is 7.12. The van der Waals surface area contributed by atoms with Crippen molar-refractivity contribution in [2.75, 3.05) is 17.2 Å². The van der Waals surface area contributed by atoms with Crippen LogP contribution in [0, 0.1) is 12.8 Å². The topological polar surface area (TPSA) is 102 Å². The number of benzene rings is 3. The Kier molecular flexibility index (Phi) is 10.1. The SMILES string of the molecule is CCCc1ccc(C)cc1N1C(=O)CS/C1=N\C(=O)NCC(C)Cc1ccc(-c2ncn(-c3ccc(OC(F)(F)F)cc3)n2)cc1. The van der Waals surface area contributed by atoms with Crippen LogP contribution in [-0.4, -0.2) is 50.5 Å². The number of aliphatic imine (C=N–C) groups is 1. The summed E-state index contributed by atoms with van der Waals surface area (Å²) in [5, 5.41) is 7.70. The molecule has 2 heterocycles. The number of carbonyl (C=O) groups excluding carboxylic acids is 2. The number of aromatic nitrogens is 3. The Morgan fingerprint density at radius 1 is 1.11 bits per heavy atom. The van der Waals surface area contributed by atoms with Gasteiger partial charge in [0.25, 0.3) is 0 Å². The number of amidine groups is 1. The molecule has 0 radical (unpaired) electrons. The van der Waals surface area contributed by atoms with E-state index in [1.54, 1.807) is 4.90 Å². The minimum absolute atomic E-state index is 0.0908. The number of anilines is 1. The molecule has 240 valence electrons. The number of hydrogen-bond acceptors (Lipinski definition) is 6. The summed E-state index contributed by atoms with van der Waals surface area (Å²) in [6.07, 6.45) is -0.807. The number of amides is 3. The summed E-state index contributed by atoms with van der Waals surface area (Å²) in [5.41, 5.74) is 5.24. The first-order chi connectivity index (χ1) is 22.0. The fourth-order valence-electron chi connectivity index (χ4n) is 5.02. The van der Waals surface area contributed by atoms with Gasteiger partial charge < -0.3 is 10.1 Å². The lowest BCUT2D eigenvalue weighted by Gasteiger charge is -2.20. The van der Waals surface area contributed by atoms with Crippen LogP contribution >= 0.6 is 11.8 Å². The highest BCUT2D eigenvalue weighted by atomic mass is 32.2. The molecule has 9 nitrogen and oxygen atoms in total. The van der Waals surface area contributed by atoms with Crippen LogP contribution in [0.2, 0.25) is 0 Å². The van der Waals surface area contributed by atoms with E-state index in [-0.39, 0.29) is 23.3 Å². The van der Waals surface area contributed by atoms with E-state index < -0.39 is 12.4 Å². The minimum Gasteiger partial charge on any atom is -0.406 e. The Balaban J connectivity index is 1.16. The normalized spacial score (nSPS) is 15.0. The van der Waals surface area contributed by atoms with E-state index in [1.165, 1.54) is 47.0 Å². The number of hydrogen-bond donors (Lipinski definition) is 1. The molecule has 5 rings (SSSR count). The van der Waals surface area contributed by atoms with Crippen LogP contribution in [0.1, 0.15) is 37.0 Å². The van der Waals surface area contributed by atoms with Crippen LogP contribution in [0.5, 0.6) is 5.75 Å². The average Bonchev–Trinajstić information content (AvgIpc) is 3.64. The van der Waals surface area contributed by atoms with Crippen molar-refractivity contribution in [1.82, 2.24) is 20.1 Å². The third kappa shape index (κ3) is 8.33. The number of nitrogens with one attached hydrogen (secondary N) is 1. The van der Waals surface area contributed by atoms with Gasteiger partial charge in [-0.3, -0.25) is 9.69 Å². The quantitative estimate of drug-likeness (QED) is 0.196. The minimum atomic E-state index is -4.75. The molecule has 1 unspecified atom stereocenters. The number of urea groups is 1. The summed E-state index contributed by atoms with van der Waals surface area (Å²) in [6.45, 7) is 6.49. The summed E-state index contributed by atoms with van der Waals surface area (Å²) >= 11 is 1.26. The third-order valence-electron chi connectivity index (χ3n) is 7.19. The molecule has 0 saturated carbocycles. The number of thioether (sulfide) groups is 1. The average molecular weight is 651 g/mol. The van der Waals surface area contributed by atoms with Gasteiger partial charge in [0.1, 0.15) is 12.1 Å².